The highest BCUT2D eigenvalue weighted by Gasteiger charge is 2.30. The third-order valence-electron chi connectivity index (χ3n) is 7.40. The summed E-state index contributed by atoms with van der Waals surface area (Å²) in [6.45, 7) is 10.5. The average molecular weight is 606 g/mol. The summed E-state index contributed by atoms with van der Waals surface area (Å²) in [4.78, 5) is 50.8. The molecule has 0 heterocycles. The fourth-order valence-corrected chi connectivity index (χ4v) is 5.11. The first-order chi connectivity index (χ1) is 21.2. The topological polar surface area (TPSA) is 143 Å². The Morgan fingerprint density at radius 3 is 2.18 bits per heavy atom. The first-order valence-corrected chi connectivity index (χ1v) is 14.9. The zero-order valence-corrected chi connectivity index (χ0v) is 25.4. The maximum absolute atomic E-state index is 13.0. The van der Waals surface area contributed by atoms with Crippen LogP contribution in [-0.2, 0) is 23.9 Å². The van der Waals surface area contributed by atoms with Crippen LogP contribution in [0.1, 0.15) is 56.6 Å². The fourth-order valence-electron chi connectivity index (χ4n) is 5.11. The van der Waals surface area contributed by atoms with Gasteiger partial charge in [0, 0.05) is 18.4 Å². The van der Waals surface area contributed by atoms with Crippen molar-refractivity contribution < 1.29 is 33.8 Å². The van der Waals surface area contributed by atoms with Gasteiger partial charge in [0.1, 0.15) is 18.8 Å². The molecule has 0 spiro atoms. The summed E-state index contributed by atoms with van der Waals surface area (Å²) in [5.74, 6) is -2.21. The number of esters is 1. The Kier molecular flexibility index (Phi) is 13.2. The van der Waals surface area contributed by atoms with Crippen molar-refractivity contribution in [3.05, 3.63) is 85.0 Å². The number of nitrogens with one attached hydrogen (secondary N) is 3. The number of alkyl carbamates (subject to hydrolysis) is 1. The Morgan fingerprint density at radius 1 is 0.955 bits per heavy atom. The summed E-state index contributed by atoms with van der Waals surface area (Å²) < 4.78 is 11.1. The lowest BCUT2D eigenvalue weighted by atomic mass is 9.98. The average Bonchev–Trinajstić information content (AvgIpc) is 3.33. The highest BCUT2D eigenvalue weighted by molar-refractivity contribution is 5.86. The third kappa shape index (κ3) is 9.54. The molecule has 3 amide bonds. The quantitative estimate of drug-likeness (QED) is 0.158. The number of aliphatic hydroxyl groups excluding tert-OH is 1. The first kappa shape index (κ1) is 34.1. The molecule has 0 saturated carbocycles. The number of carbonyl (C=O) groups is 4. The van der Waals surface area contributed by atoms with Crippen LogP contribution in [0.25, 0.3) is 11.1 Å². The van der Waals surface area contributed by atoms with Crippen LogP contribution < -0.4 is 16.0 Å². The molecule has 0 bridgehead atoms. The molecule has 1 aliphatic rings. The van der Waals surface area contributed by atoms with E-state index in [-0.39, 0.29) is 56.8 Å². The second kappa shape index (κ2) is 17.0. The van der Waals surface area contributed by atoms with E-state index in [1.54, 1.807) is 26.0 Å². The lowest BCUT2D eigenvalue weighted by Gasteiger charge is -2.22. The highest BCUT2D eigenvalue weighted by atomic mass is 16.6. The number of aliphatic hydroxyl groups is 1. The standard InChI is InChI=1S/C34H43N3O7/c1-5-7-17-30(33(41)44-23(4)19-35-32(40)24(12-6-2)18-31(39)36-22(3)20-38)37-34(42)43-21-29-27-15-10-8-13-25(27)26-14-9-11-16-28(26)29/h5-6,8-11,13-16,22-24,29-30,38H,1-2,7,12,17-21H2,3-4H3,(H,35,40)(H,36,39)(H,37,42)/t22-,23-,24+,30-/m0/s1. The van der Waals surface area contributed by atoms with Crippen LogP contribution in [0.15, 0.2) is 73.8 Å². The van der Waals surface area contributed by atoms with Crippen molar-refractivity contribution in [1.29, 1.82) is 0 Å². The van der Waals surface area contributed by atoms with Gasteiger partial charge in [-0.2, -0.15) is 0 Å². The number of allylic oxidation sites excluding steroid dienone is 2. The minimum absolute atomic E-state index is 0.00595. The highest BCUT2D eigenvalue weighted by Crippen LogP contribution is 2.44. The number of rotatable bonds is 17. The van der Waals surface area contributed by atoms with Gasteiger partial charge in [-0.25, -0.2) is 9.59 Å². The molecule has 0 fully saturated rings. The molecule has 44 heavy (non-hydrogen) atoms. The van der Waals surface area contributed by atoms with Crippen LogP contribution >= 0.6 is 0 Å². The molecule has 0 unspecified atom stereocenters. The van der Waals surface area contributed by atoms with E-state index in [9.17, 15) is 19.2 Å². The second-order valence-electron chi connectivity index (χ2n) is 11.0. The Hall–Kier alpha value is -4.44. The Morgan fingerprint density at radius 2 is 1.59 bits per heavy atom. The summed E-state index contributed by atoms with van der Waals surface area (Å²) >= 11 is 0. The van der Waals surface area contributed by atoms with Gasteiger partial charge in [0.15, 0.2) is 0 Å². The molecular formula is C34H43N3O7. The molecule has 0 aromatic heterocycles. The fraction of sp³-hybridized carbons (Fsp3) is 0.412. The second-order valence-corrected chi connectivity index (χ2v) is 11.0. The molecule has 4 N–H and O–H groups in total. The molecule has 0 aliphatic heterocycles. The molecule has 4 atom stereocenters. The van der Waals surface area contributed by atoms with Gasteiger partial charge in [-0.15, -0.1) is 13.2 Å². The van der Waals surface area contributed by atoms with E-state index in [0.29, 0.717) is 6.42 Å². The van der Waals surface area contributed by atoms with Crippen molar-refractivity contribution in [3.63, 3.8) is 0 Å². The minimum atomic E-state index is -0.979. The smallest absolute Gasteiger partial charge is 0.407 e. The Bertz CT molecular complexity index is 1280. The van der Waals surface area contributed by atoms with Crippen molar-refractivity contribution in [2.45, 2.75) is 63.6 Å². The lowest BCUT2D eigenvalue weighted by molar-refractivity contribution is -0.151. The number of amides is 3. The predicted molar refractivity (Wildman–Crippen MR) is 168 cm³/mol. The minimum Gasteiger partial charge on any atom is -0.459 e. The van der Waals surface area contributed by atoms with Crippen LogP contribution in [-0.4, -0.2) is 66.9 Å². The number of benzene rings is 2. The van der Waals surface area contributed by atoms with E-state index in [1.807, 2.05) is 36.4 Å². The van der Waals surface area contributed by atoms with Crippen LogP contribution in [0.3, 0.4) is 0 Å². The third-order valence-corrected chi connectivity index (χ3v) is 7.40. The zero-order valence-electron chi connectivity index (χ0n) is 25.4. The van der Waals surface area contributed by atoms with Crippen LogP contribution in [0.4, 0.5) is 4.79 Å². The van der Waals surface area contributed by atoms with Crippen molar-refractivity contribution in [3.8, 4) is 11.1 Å². The number of fused-ring (bicyclic) bond motifs is 3. The van der Waals surface area contributed by atoms with Gasteiger partial charge in [-0.1, -0.05) is 60.7 Å². The lowest BCUT2D eigenvalue weighted by Crippen LogP contribution is -2.45. The van der Waals surface area contributed by atoms with E-state index in [4.69, 9.17) is 14.6 Å². The molecule has 2 aromatic rings. The molecule has 0 radical (unpaired) electrons. The molecule has 2 aromatic carbocycles. The van der Waals surface area contributed by atoms with Crippen LogP contribution in [0, 0.1) is 5.92 Å². The monoisotopic (exact) mass is 605 g/mol. The van der Waals surface area contributed by atoms with Crippen molar-refractivity contribution >= 4 is 23.9 Å². The number of hydrogen-bond acceptors (Lipinski definition) is 7. The number of ether oxygens (including phenoxy) is 2. The molecule has 3 rings (SSSR count). The van der Waals surface area contributed by atoms with Crippen molar-refractivity contribution in [2.24, 2.45) is 5.92 Å². The van der Waals surface area contributed by atoms with Crippen molar-refractivity contribution in [1.82, 2.24) is 16.0 Å². The predicted octanol–water partition coefficient (Wildman–Crippen LogP) is 3.99. The molecule has 1 aliphatic carbocycles. The summed E-state index contributed by atoms with van der Waals surface area (Å²) in [7, 11) is 0. The van der Waals surface area contributed by atoms with Gasteiger partial charge in [0.2, 0.25) is 11.8 Å². The molecule has 10 nitrogen and oxygen atoms in total. The number of carbonyl (C=O) groups excluding carboxylic acids is 4. The Balaban J connectivity index is 1.53. The van der Waals surface area contributed by atoms with Crippen LogP contribution in [0.5, 0.6) is 0 Å². The maximum Gasteiger partial charge on any atom is 0.407 e. The maximum atomic E-state index is 13.0. The van der Waals surface area contributed by atoms with Crippen molar-refractivity contribution in [2.75, 3.05) is 19.8 Å². The van der Waals surface area contributed by atoms with Gasteiger partial charge in [0.05, 0.1) is 19.1 Å². The zero-order chi connectivity index (χ0) is 32.1. The van der Waals surface area contributed by atoms with Gasteiger partial charge in [0.25, 0.3) is 0 Å². The van der Waals surface area contributed by atoms with Gasteiger partial charge in [-0.05, 0) is 55.4 Å². The number of hydrogen-bond donors (Lipinski definition) is 4. The first-order valence-electron chi connectivity index (χ1n) is 14.9. The Labute approximate surface area is 258 Å². The largest absolute Gasteiger partial charge is 0.459 e. The SMILES string of the molecule is C=CCC[C@H](NC(=O)OCC1c2ccccc2-c2ccccc21)C(=O)O[C@@H](C)CNC(=O)[C@H](CC=C)CC(=O)N[C@@H](C)CO. The van der Waals surface area contributed by atoms with E-state index < -0.39 is 36.2 Å². The summed E-state index contributed by atoms with van der Waals surface area (Å²) in [5.41, 5.74) is 4.38. The normalized spacial score (nSPS) is 14.5. The molecule has 0 saturated heterocycles. The van der Waals surface area contributed by atoms with E-state index in [2.05, 4.69) is 41.2 Å². The summed E-state index contributed by atoms with van der Waals surface area (Å²) in [6, 6.07) is 14.6. The summed E-state index contributed by atoms with van der Waals surface area (Å²) in [5, 5.41) is 17.1. The van der Waals surface area contributed by atoms with Crippen LogP contribution in [0.2, 0.25) is 0 Å². The van der Waals surface area contributed by atoms with Gasteiger partial charge >= 0.3 is 12.1 Å². The van der Waals surface area contributed by atoms with Gasteiger partial charge < -0.3 is 30.5 Å². The van der Waals surface area contributed by atoms with Gasteiger partial charge in [-0.3, -0.25) is 9.59 Å². The molecule has 236 valence electrons. The molecule has 10 heteroatoms. The van der Waals surface area contributed by atoms with E-state index in [1.165, 1.54) is 0 Å². The molecular weight excluding hydrogens is 562 g/mol. The van der Waals surface area contributed by atoms with E-state index >= 15 is 0 Å². The van der Waals surface area contributed by atoms with E-state index in [0.717, 1.165) is 22.3 Å². The summed E-state index contributed by atoms with van der Waals surface area (Å²) in [6.07, 6.45) is 2.65.